The number of thiophene rings is 1. The maximum Gasteiger partial charge on any atom is 0.371 e. The van der Waals surface area contributed by atoms with Gasteiger partial charge in [-0.3, -0.25) is 0 Å². The SMILES string of the molecule is Cc1ccc(CNCc2ccc(C(=O)O)o2)s1. The first kappa shape index (κ1) is 11.9. The average molecular weight is 251 g/mol. The fraction of sp³-hybridized carbons (Fsp3) is 0.250. The molecule has 0 aliphatic heterocycles. The molecule has 0 spiro atoms. The van der Waals surface area contributed by atoms with Crippen molar-refractivity contribution < 1.29 is 14.3 Å². The predicted molar refractivity (Wildman–Crippen MR) is 65.3 cm³/mol. The van der Waals surface area contributed by atoms with Gasteiger partial charge in [0, 0.05) is 16.3 Å². The van der Waals surface area contributed by atoms with Crippen molar-refractivity contribution in [2.24, 2.45) is 0 Å². The van der Waals surface area contributed by atoms with Crippen molar-refractivity contribution >= 4 is 17.3 Å². The van der Waals surface area contributed by atoms with Crippen LogP contribution < -0.4 is 5.32 Å². The lowest BCUT2D eigenvalue weighted by Crippen LogP contribution is -2.11. The van der Waals surface area contributed by atoms with Gasteiger partial charge in [-0.25, -0.2) is 4.79 Å². The minimum absolute atomic E-state index is 0.0197. The summed E-state index contributed by atoms with van der Waals surface area (Å²) in [5.74, 6) is -0.422. The molecule has 2 aromatic rings. The Labute approximate surface area is 103 Å². The quantitative estimate of drug-likeness (QED) is 0.857. The van der Waals surface area contributed by atoms with Crippen LogP contribution in [0.3, 0.4) is 0 Å². The standard InChI is InChI=1S/C12H13NO3S/c1-8-2-4-10(17-8)7-13-6-9-3-5-11(16-9)12(14)15/h2-5,13H,6-7H2,1H3,(H,14,15). The number of hydrogen-bond donors (Lipinski definition) is 2. The van der Waals surface area contributed by atoms with Crippen molar-refractivity contribution in [2.75, 3.05) is 0 Å². The summed E-state index contributed by atoms with van der Waals surface area (Å²) in [5, 5.41) is 11.9. The molecule has 2 aromatic heterocycles. The number of rotatable bonds is 5. The first-order valence-electron chi connectivity index (χ1n) is 5.23. The van der Waals surface area contributed by atoms with Gasteiger partial charge < -0.3 is 14.8 Å². The van der Waals surface area contributed by atoms with E-state index in [1.165, 1.54) is 15.8 Å². The highest BCUT2D eigenvalue weighted by molar-refractivity contribution is 7.11. The maximum absolute atomic E-state index is 10.6. The van der Waals surface area contributed by atoms with Gasteiger partial charge in [-0.15, -0.1) is 11.3 Å². The molecule has 0 radical (unpaired) electrons. The molecule has 0 aliphatic carbocycles. The molecule has 0 bridgehead atoms. The van der Waals surface area contributed by atoms with Crippen LogP contribution >= 0.6 is 11.3 Å². The number of carboxylic acid groups (broad SMARTS) is 1. The lowest BCUT2D eigenvalue weighted by atomic mass is 10.4. The second-order valence-corrected chi connectivity index (χ2v) is 5.06. The summed E-state index contributed by atoms with van der Waals surface area (Å²) in [7, 11) is 0. The number of aryl methyl sites for hydroxylation is 1. The van der Waals surface area contributed by atoms with E-state index in [1.54, 1.807) is 17.4 Å². The molecule has 2 heterocycles. The van der Waals surface area contributed by atoms with Crippen molar-refractivity contribution in [3.8, 4) is 0 Å². The third-order valence-corrected chi connectivity index (χ3v) is 3.27. The molecule has 17 heavy (non-hydrogen) atoms. The van der Waals surface area contributed by atoms with Gasteiger partial charge in [0.05, 0.1) is 6.54 Å². The van der Waals surface area contributed by atoms with Crippen molar-refractivity contribution in [3.05, 3.63) is 45.5 Å². The van der Waals surface area contributed by atoms with Crippen LogP contribution in [0.2, 0.25) is 0 Å². The van der Waals surface area contributed by atoms with E-state index in [1.807, 2.05) is 0 Å². The Morgan fingerprint density at radius 1 is 1.35 bits per heavy atom. The fourth-order valence-corrected chi connectivity index (χ4v) is 2.34. The molecule has 4 nitrogen and oxygen atoms in total. The maximum atomic E-state index is 10.6. The number of carboxylic acids is 1. The lowest BCUT2D eigenvalue weighted by molar-refractivity contribution is 0.0660. The zero-order valence-corrected chi connectivity index (χ0v) is 10.2. The number of hydrogen-bond acceptors (Lipinski definition) is 4. The molecule has 0 amide bonds. The molecule has 2 N–H and O–H groups in total. The van der Waals surface area contributed by atoms with Gasteiger partial charge >= 0.3 is 5.97 Å². The highest BCUT2D eigenvalue weighted by Gasteiger charge is 2.08. The monoisotopic (exact) mass is 251 g/mol. The molecule has 0 fully saturated rings. The molecule has 0 aromatic carbocycles. The molecule has 5 heteroatoms. The van der Waals surface area contributed by atoms with E-state index >= 15 is 0 Å². The number of furan rings is 1. The minimum Gasteiger partial charge on any atom is -0.475 e. The summed E-state index contributed by atoms with van der Waals surface area (Å²) < 4.78 is 5.13. The Bertz CT molecular complexity index is 515. The Morgan fingerprint density at radius 3 is 2.76 bits per heavy atom. The van der Waals surface area contributed by atoms with Crippen molar-refractivity contribution in [1.82, 2.24) is 5.32 Å². The van der Waals surface area contributed by atoms with Gasteiger partial charge in [0.1, 0.15) is 5.76 Å². The lowest BCUT2D eigenvalue weighted by Gasteiger charge is -1.99. The molecule has 0 saturated carbocycles. The average Bonchev–Trinajstić information content (AvgIpc) is 2.88. The third-order valence-electron chi connectivity index (χ3n) is 2.27. The van der Waals surface area contributed by atoms with Crippen LogP contribution in [-0.2, 0) is 13.1 Å². The third kappa shape index (κ3) is 3.18. The van der Waals surface area contributed by atoms with Crippen LogP contribution in [0, 0.1) is 6.92 Å². The summed E-state index contributed by atoms with van der Waals surface area (Å²) >= 11 is 1.75. The Hall–Kier alpha value is -1.59. The van der Waals surface area contributed by atoms with E-state index < -0.39 is 5.97 Å². The van der Waals surface area contributed by atoms with Gasteiger partial charge in [0.15, 0.2) is 0 Å². The van der Waals surface area contributed by atoms with Gasteiger partial charge in [-0.2, -0.15) is 0 Å². The smallest absolute Gasteiger partial charge is 0.371 e. The van der Waals surface area contributed by atoms with Gasteiger partial charge in [-0.1, -0.05) is 0 Å². The van der Waals surface area contributed by atoms with Gasteiger partial charge in [-0.05, 0) is 31.2 Å². The zero-order chi connectivity index (χ0) is 12.3. The van der Waals surface area contributed by atoms with E-state index in [4.69, 9.17) is 9.52 Å². The van der Waals surface area contributed by atoms with Gasteiger partial charge in [0.2, 0.25) is 5.76 Å². The molecule has 0 aliphatic rings. The van der Waals surface area contributed by atoms with Crippen molar-refractivity contribution in [2.45, 2.75) is 20.0 Å². The first-order valence-corrected chi connectivity index (χ1v) is 6.05. The van der Waals surface area contributed by atoms with E-state index in [-0.39, 0.29) is 5.76 Å². The van der Waals surface area contributed by atoms with Crippen LogP contribution in [0.4, 0.5) is 0 Å². The first-order chi connectivity index (χ1) is 8.15. The predicted octanol–water partition coefficient (Wildman–Crippen LogP) is 2.64. The van der Waals surface area contributed by atoms with E-state index in [2.05, 4.69) is 24.4 Å². The highest BCUT2D eigenvalue weighted by Crippen LogP contribution is 2.15. The zero-order valence-electron chi connectivity index (χ0n) is 9.40. The summed E-state index contributed by atoms with van der Waals surface area (Å²) in [6, 6.07) is 7.31. The Kier molecular flexibility index (Phi) is 3.61. The topological polar surface area (TPSA) is 62.5 Å². The number of nitrogens with one attached hydrogen (secondary N) is 1. The molecule has 90 valence electrons. The van der Waals surface area contributed by atoms with Crippen molar-refractivity contribution in [1.29, 1.82) is 0 Å². The van der Waals surface area contributed by atoms with Crippen molar-refractivity contribution in [3.63, 3.8) is 0 Å². The fourth-order valence-electron chi connectivity index (χ4n) is 1.48. The summed E-state index contributed by atoms with van der Waals surface area (Å²) in [6.07, 6.45) is 0. The van der Waals surface area contributed by atoms with E-state index in [0.29, 0.717) is 12.3 Å². The normalized spacial score (nSPS) is 10.6. The van der Waals surface area contributed by atoms with Crippen LogP contribution in [0.5, 0.6) is 0 Å². The molecule has 0 atom stereocenters. The minimum atomic E-state index is -1.04. The van der Waals surface area contributed by atoms with Crippen LogP contribution in [-0.4, -0.2) is 11.1 Å². The highest BCUT2D eigenvalue weighted by atomic mass is 32.1. The summed E-state index contributed by atoms with van der Waals surface area (Å²) in [6.45, 7) is 3.37. The molecular formula is C12H13NO3S. The molecule has 2 rings (SSSR count). The van der Waals surface area contributed by atoms with Gasteiger partial charge in [0.25, 0.3) is 0 Å². The number of aromatic carboxylic acids is 1. The molecular weight excluding hydrogens is 238 g/mol. The summed E-state index contributed by atoms with van der Waals surface area (Å²) in [5.41, 5.74) is 0. The molecule has 0 saturated heterocycles. The van der Waals surface area contributed by atoms with Crippen LogP contribution in [0.1, 0.15) is 26.1 Å². The Morgan fingerprint density at radius 2 is 2.18 bits per heavy atom. The largest absolute Gasteiger partial charge is 0.475 e. The van der Waals surface area contributed by atoms with Crippen LogP contribution in [0.25, 0.3) is 0 Å². The second kappa shape index (κ2) is 5.16. The second-order valence-electron chi connectivity index (χ2n) is 3.69. The molecule has 0 unspecified atom stereocenters. The summed E-state index contributed by atoms with van der Waals surface area (Å²) in [4.78, 5) is 13.1. The van der Waals surface area contributed by atoms with E-state index in [9.17, 15) is 4.79 Å². The van der Waals surface area contributed by atoms with Crippen LogP contribution in [0.15, 0.2) is 28.7 Å². The van der Waals surface area contributed by atoms with E-state index in [0.717, 1.165) is 6.54 Å². The Balaban J connectivity index is 1.83. The number of carbonyl (C=O) groups is 1.